The van der Waals surface area contributed by atoms with Crippen LogP contribution in [0.5, 0.6) is 0 Å². The van der Waals surface area contributed by atoms with Crippen LogP contribution in [0.1, 0.15) is 40.0 Å². The molecule has 33 heavy (non-hydrogen) atoms. The quantitative estimate of drug-likeness (QED) is 0.516. The number of rotatable bonds is 7. The minimum atomic E-state index is -3.59. The Hall–Kier alpha value is -3.38. The average Bonchev–Trinajstić information content (AvgIpc) is 3.33. The predicted octanol–water partition coefficient (Wildman–Crippen LogP) is 1.33. The van der Waals surface area contributed by atoms with Gasteiger partial charge in [0.05, 0.1) is 10.5 Å². The number of hydrazine groups is 1. The van der Waals surface area contributed by atoms with Gasteiger partial charge in [-0.3, -0.25) is 25.2 Å². The van der Waals surface area contributed by atoms with Crippen molar-refractivity contribution < 1.29 is 31.6 Å². The number of hydrogen-bond donors (Lipinski definition) is 3. The maximum absolute atomic E-state index is 13.6. The van der Waals surface area contributed by atoms with Crippen LogP contribution in [0.4, 0.5) is 8.78 Å². The van der Waals surface area contributed by atoms with Crippen LogP contribution < -0.4 is 16.2 Å². The Morgan fingerprint density at radius 2 is 1.58 bits per heavy atom. The summed E-state index contributed by atoms with van der Waals surface area (Å²) >= 11 is 0. The minimum Gasteiger partial charge on any atom is -0.351 e. The van der Waals surface area contributed by atoms with Crippen molar-refractivity contribution in [2.45, 2.75) is 24.2 Å². The van der Waals surface area contributed by atoms with Gasteiger partial charge >= 0.3 is 0 Å². The molecule has 0 atom stereocenters. The van der Waals surface area contributed by atoms with E-state index in [1.54, 1.807) is 0 Å². The Morgan fingerprint density at radius 1 is 0.909 bits per heavy atom. The summed E-state index contributed by atoms with van der Waals surface area (Å²) < 4.78 is 52.9. The van der Waals surface area contributed by atoms with Crippen LogP contribution in [0, 0.1) is 11.6 Å². The lowest BCUT2D eigenvalue weighted by Gasteiger charge is -2.15. The highest BCUT2D eigenvalue weighted by molar-refractivity contribution is 7.89. The summed E-state index contributed by atoms with van der Waals surface area (Å²) in [4.78, 5) is 36.0. The first-order chi connectivity index (χ1) is 15.7. The van der Waals surface area contributed by atoms with E-state index in [0.717, 1.165) is 25.0 Å². The third-order valence-electron chi connectivity index (χ3n) is 4.95. The summed E-state index contributed by atoms with van der Waals surface area (Å²) in [5.74, 6) is -3.94. The third kappa shape index (κ3) is 6.11. The van der Waals surface area contributed by atoms with E-state index in [1.807, 2.05) is 0 Å². The van der Waals surface area contributed by atoms with Crippen LogP contribution >= 0.6 is 0 Å². The van der Waals surface area contributed by atoms with Crippen molar-refractivity contribution in [3.8, 4) is 0 Å². The number of nitrogens with one attached hydrogen (secondary N) is 3. The fourth-order valence-corrected chi connectivity index (χ4v) is 4.69. The van der Waals surface area contributed by atoms with E-state index in [2.05, 4.69) is 16.2 Å². The van der Waals surface area contributed by atoms with E-state index in [0.29, 0.717) is 19.2 Å². The van der Waals surface area contributed by atoms with Crippen molar-refractivity contribution in [1.29, 1.82) is 0 Å². The van der Waals surface area contributed by atoms with Gasteiger partial charge in [-0.1, -0.05) is 0 Å². The Balaban J connectivity index is 1.44. The van der Waals surface area contributed by atoms with Crippen molar-refractivity contribution in [1.82, 2.24) is 20.5 Å². The summed E-state index contributed by atoms with van der Waals surface area (Å²) in [7, 11) is -3.59. The Kier molecular flexibility index (Phi) is 7.71. The topological polar surface area (TPSA) is 125 Å². The number of sulfonamides is 1. The largest absolute Gasteiger partial charge is 0.351 e. The smallest absolute Gasteiger partial charge is 0.269 e. The van der Waals surface area contributed by atoms with E-state index >= 15 is 0 Å². The van der Waals surface area contributed by atoms with E-state index in [9.17, 15) is 31.6 Å². The number of hydrogen-bond acceptors (Lipinski definition) is 5. The zero-order valence-electron chi connectivity index (χ0n) is 17.4. The van der Waals surface area contributed by atoms with Crippen LogP contribution in [0.2, 0.25) is 0 Å². The lowest BCUT2D eigenvalue weighted by atomic mass is 10.2. The Bertz CT molecular complexity index is 1150. The lowest BCUT2D eigenvalue weighted by molar-refractivity contribution is -0.121. The maximum Gasteiger partial charge on any atom is 0.269 e. The average molecular weight is 480 g/mol. The van der Waals surface area contributed by atoms with E-state index in [-0.39, 0.29) is 29.0 Å². The summed E-state index contributed by atoms with van der Waals surface area (Å²) in [6.07, 6.45) is 1.40. The highest BCUT2D eigenvalue weighted by Crippen LogP contribution is 2.21. The number of carbonyl (C=O) groups excluding carboxylic acids is 3. The molecule has 2 aromatic rings. The standard InChI is InChI=1S/C21H22F2N4O5S/c22-15-5-8-17(18(23)13-15)21(30)24-10-9-19(28)25-26-20(29)14-3-6-16(7-4-14)33(31,32)27-11-1-2-12-27/h3-8,13H,1-2,9-12H2,(H,24,30)(H,25,28)(H,26,29). The molecule has 1 aliphatic rings. The van der Waals surface area contributed by atoms with Gasteiger partial charge in [-0.2, -0.15) is 4.31 Å². The summed E-state index contributed by atoms with van der Waals surface area (Å²) in [6.45, 7) is 0.784. The molecule has 176 valence electrons. The van der Waals surface area contributed by atoms with Gasteiger partial charge in [-0.05, 0) is 49.2 Å². The Labute approximate surface area is 189 Å². The number of amides is 3. The summed E-state index contributed by atoms with van der Waals surface area (Å²) in [5.41, 5.74) is 4.12. The van der Waals surface area contributed by atoms with Gasteiger partial charge < -0.3 is 5.32 Å². The van der Waals surface area contributed by atoms with Crippen molar-refractivity contribution in [2.24, 2.45) is 0 Å². The van der Waals surface area contributed by atoms with Crippen molar-refractivity contribution in [3.05, 3.63) is 65.2 Å². The first-order valence-electron chi connectivity index (χ1n) is 10.1. The monoisotopic (exact) mass is 480 g/mol. The van der Waals surface area contributed by atoms with E-state index in [1.165, 1.54) is 28.6 Å². The lowest BCUT2D eigenvalue weighted by Crippen LogP contribution is -2.42. The fourth-order valence-electron chi connectivity index (χ4n) is 3.18. The molecule has 0 aromatic heterocycles. The molecule has 3 amide bonds. The summed E-state index contributed by atoms with van der Waals surface area (Å²) in [5, 5.41) is 2.32. The van der Waals surface area contributed by atoms with E-state index in [4.69, 9.17) is 0 Å². The van der Waals surface area contributed by atoms with Gasteiger partial charge in [0.2, 0.25) is 15.9 Å². The first-order valence-corrected chi connectivity index (χ1v) is 11.5. The molecule has 0 unspecified atom stereocenters. The van der Waals surface area contributed by atoms with Crippen molar-refractivity contribution in [3.63, 3.8) is 0 Å². The molecule has 0 spiro atoms. The number of halogens is 2. The van der Waals surface area contributed by atoms with Crippen LogP contribution in [-0.4, -0.2) is 50.1 Å². The second-order valence-electron chi connectivity index (χ2n) is 7.27. The molecule has 3 rings (SSSR count). The molecule has 0 bridgehead atoms. The van der Waals surface area contributed by atoms with Gasteiger partial charge in [-0.15, -0.1) is 0 Å². The molecule has 12 heteroatoms. The number of benzene rings is 2. The molecule has 9 nitrogen and oxygen atoms in total. The second kappa shape index (κ2) is 10.5. The minimum absolute atomic E-state index is 0.0818. The number of carbonyl (C=O) groups is 3. The van der Waals surface area contributed by atoms with Crippen LogP contribution in [0.3, 0.4) is 0 Å². The highest BCUT2D eigenvalue weighted by atomic mass is 32.2. The third-order valence-corrected chi connectivity index (χ3v) is 6.86. The molecule has 0 aliphatic carbocycles. The normalized spacial score (nSPS) is 14.0. The predicted molar refractivity (Wildman–Crippen MR) is 113 cm³/mol. The number of nitrogens with zero attached hydrogens (tertiary/aromatic N) is 1. The fraction of sp³-hybridized carbons (Fsp3) is 0.286. The van der Waals surface area contributed by atoms with Crippen LogP contribution in [-0.2, 0) is 14.8 Å². The molecule has 2 aromatic carbocycles. The molecule has 0 saturated carbocycles. The maximum atomic E-state index is 13.6. The molecule has 0 radical (unpaired) electrons. The molecule has 3 N–H and O–H groups in total. The van der Waals surface area contributed by atoms with Crippen molar-refractivity contribution in [2.75, 3.05) is 19.6 Å². The van der Waals surface area contributed by atoms with E-state index < -0.39 is 39.4 Å². The van der Waals surface area contributed by atoms with Gasteiger partial charge in [0.15, 0.2) is 0 Å². The molecule has 1 heterocycles. The van der Waals surface area contributed by atoms with Crippen LogP contribution in [0.15, 0.2) is 47.4 Å². The first kappa shape index (κ1) is 24.3. The van der Waals surface area contributed by atoms with Gasteiger partial charge in [0.25, 0.3) is 11.8 Å². The molecule has 1 fully saturated rings. The summed E-state index contributed by atoms with van der Waals surface area (Å²) in [6, 6.07) is 7.83. The highest BCUT2D eigenvalue weighted by Gasteiger charge is 2.27. The zero-order chi connectivity index (χ0) is 24.0. The van der Waals surface area contributed by atoms with Crippen LogP contribution in [0.25, 0.3) is 0 Å². The van der Waals surface area contributed by atoms with Gasteiger partial charge in [0.1, 0.15) is 11.6 Å². The molecule has 1 aliphatic heterocycles. The molecular formula is C21H22F2N4O5S. The van der Waals surface area contributed by atoms with Crippen molar-refractivity contribution >= 4 is 27.7 Å². The SMILES string of the molecule is O=C(CCNC(=O)c1ccc(F)cc1F)NNC(=O)c1ccc(S(=O)(=O)N2CCCC2)cc1. The molecular weight excluding hydrogens is 458 g/mol. The zero-order valence-corrected chi connectivity index (χ0v) is 18.3. The van der Waals surface area contributed by atoms with Gasteiger partial charge in [-0.25, -0.2) is 17.2 Å². The Morgan fingerprint density at radius 3 is 2.21 bits per heavy atom. The second-order valence-corrected chi connectivity index (χ2v) is 9.21. The molecule has 1 saturated heterocycles. The van der Waals surface area contributed by atoms with Gasteiger partial charge in [0, 0.05) is 37.7 Å².